The molecule has 0 spiro atoms. The van der Waals surface area contributed by atoms with Gasteiger partial charge in [0.1, 0.15) is 0 Å². The molecule has 0 aromatic heterocycles. The molecule has 0 unspecified atom stereocenters. The van der Waals surface area contributed by atoms with Gasteiger partial charge in [0.2, 0.25) is 0 Å². The number of ketones is 1. The van der Waals surface area contributed by atoms with E-state index >= 15 is 0 Å². The average molecular weight is 333 g/mol. The third-order valence-electron chi connectivity index (χ3n) is 2.46. The Balaban J connectivity index is 0.00000225. The number of hydrogen-bond donors (Lipinski definition) is 0. The second-order valence-electron chi connectivity index (χ2n) is 5.00. The predicted octanol–water partition coefficient (Wildman–Crippen LogP) is -0.722. The number of halogens is 1. The van der Waals surface area contributed by atoms with Crippen molar-refractivity contribution in [3.05, 3.63) is 35.4 Å². The Morgan fingerprint density at radius 3 is 2.25 bits per heavy atom. The first-order valence-electron chi connectivity index (χ1n) is 5.29. The normalized spacial score (nSPS) is 10.8. The molecule has 0 radical (unpaired) electrons. The molecular weight excluding hydrogens is 313 g/mol. The zero-order valence-electron chi connectivity index (χ0n) is 10.5. The smallest absolute Gasteiger partial charge is 0.168 e. The molecule has 2 nitrogen and oxygen atoms in total. The Morgan fingerprint density at radius 2 is 1.75 bits per heavy atom. The van der Waals surface area contributed by atoms with Crippen molar-refractivity contribution in [2.75, 3.05) is 27.7 Å². The average Bonchev–Trinajstić information content (AvgIpc) is 2.14. The standard InChI is InChI=1S/C13H20NO.HI/c1-11-7-5-6-8-12(11)13(15)9-10-14(2,3)4;/h5-8H,9-10H2,1-4H3;1H/q+1;/p-1. The van der Waals surface area contributed by atoms with Crippen molar-refractivity contribution in [2.24, 2.45) is 0 Å². The van der Waals surface area contributed by atoms with Crippen LogP contribution in [0.25, 0.3) is 0 Å². The summed E-state index contributed by atoms with van der Waals surface area (Å²) in [6.07, 6.45) is 0.619. The number of nitrogens with zero attached hydrogens (tertiary/aromatic N) is 1. The Morgan fingerprint density at radius 1 is 1.19 bits per heavy atom. The quantitative estimate of drug-likeness (QED) is 0.404. The Hall–Kier alpha value is -0.420. The maximum Gasteiger partial charge on any atom is 0.168 e. The minimum Gasteiger partial charge on any atom is -1.00 e. The monoisotopic (exact) mass is 333 g/mol. The summed E-state index contributed by atoms with van der Waals surface area (Å²) >= 11 is 0. The van der Waals surface area contributed by atoms with Crippen molar-refractivity contribution in [3.63, 3.8) is 0 Å². The van der Waals surface area contributed by atoms with Gasteiger partial charge in [0.05, 0.1) is 34.1 Å². The van der Waals surface area contributed by atoms with Crippen molar-refractivity contribution >= 4 is 5.78 Å². The van der Waals surface area contributed by atoms with Crippen molar-refractivity contribution in [1.82, 2.24) is 0 Å². The SMILES string of the molecule is Cc1ccccc1C(=O)CC[N+](C)(C)C.[I-]. The summed E-state index contributed by atoms with van der Waals surface area (Å²) < 4.78 is 0.831. The molecule has 16 heavy (non-hydrogen) atoms. The topological polar surface area (TPSA) is 17.1 Å². The second kappa shape index (κ2) is 6.35. The first-order chi connectivity index (χ1) is 6.90. The van der Waals surface area contributed by atoms with Crippen LogP contribution in [0.1, 0.15) is 22.3 Å². The molecule has 0 saturated heterocycles. The molecule has 0 aliphatic rings. The summed E-state index contributed by atoms with van der Waals surface area (Å²) in [4.78, 5) is 11.9. The first-order valence-corrected chi connectivity index (χ1v) is 5.29. The van der Waals surface area contributed by atoms with E-state index in [9.17, 15) is 4.79 Å². The summed E-state index contributed by atoms with van der Waals surface area (Å²) in [5.74, 6) is 0.251. The van der Waals surface area contributed by atoms with E-state index in [4.69, 9.17) is 0 Å². The fourth-order valence-corrected chi connectivity index (χ4v) is 1.46. The van der Waals surface area contributed by atoms with Crippen molar-refractivity contribution in [3.8, 4) is 0 Å². The molecule has 1 rings (SSSR count). The predicted molar refractivity (Wildman–Crippen MR) is 63.0 cm³/mol. The van der Waals surface area contributed by atoms with Crippen molar-refractivity contribution in [2.45, 2.75) is 13.3 Å². The van der Waals surface area contributed by atoms with Crippen LogP contribution in [0, 0.1) is 6.92 Å². The van der Waals surface area contributed by atoms with Crippen LogP contribution < -0.4 is 24.0 Å². The van der Waals surface area contributed by atoms with Crippen LogP contribution in [0.3, 0.4) is 0 Å². The molecule has 3 heteroatoms. The van der Waals surface area contributed by atoms with Gasteiger partial charge >= 0.3 is 0 Å². The zero-order valence-corrected chi connectivity index (χ0v) is 12.6. The summed E-state index contributed by atoms with van der Waals surface area (Å²) in [7, 11) is 6.31. The molecule has 90 valence electrons. The highest BCUT2D eigenvalue weighted by molar-refractivity contribution is 5.97. The van der Waals surface area contributed by atoms with Crippen LogP contribution in [0.5, 0.6) is 0 Å². The highest BCUT2D eigenvalue weighted by Crippen LogP contribution is 2.10. The lowest BCUT2D eigenvalue weighted by molar-refractivity contribution is -0.869. The Bertz CT molecular complexity index is 355. The van der Waals surface area contributed by atoms with Gasteiger partial charge in [-0.15, -0.1) is 0 Å². The van der Waals surface area contributed by atoms with E-state index in [1.807, 2.05) is 31.2 Å². The molecule has 0 N–H and O–H groups in total. The Labute approximate surface area is 115 Å². The number of carbonyl (C=O) groups excluding carboxylic acids is 1. The van der Waals surface area contributed by atoms with E-state index in [0.29, 0.717) is 6.42 Å². The number of hydrogen-bond acceptors (Lipinski definition) is 1. The van der Waals surface area contributed by atoms with Gasteiger partial charge in [0, 0.05) is 5.56 Å². The number of rotatable bonds is 4. The number of quaternary nitrogens is 1. The number of carbonyl (C=O) groups is 1. The number of benzene rings is 1. The summed E-state index contributed by atoms with van der Waals surface area (Å²) in [5, 5.41) is 0. The van der Waals surface area contributed by atoms with E-state index in [2.05, 4.69) is 21.1 Å². The molecule has 0 amide bonds. The van der Waals surface area contributed by atoms with Crippen LogP contribution in [0.4, 0.5) is 0 Å². The second-order valence-corrected chi connectivity index (χ2v) is 5.00. The maximum absolute atomic E-state index is 11.9. The minimum atomic E-state index is 0. The highest BCUT2D eigenvalue weighted by Gasteiger charge is 2.13. The molecule has 0 fully saturated rings. The van der Waals surface area contributed by atoms with Crippen molar-refractivity contribution < 1.29 is 33.3 Å². The van der Waals surface area contributed by atoms with Gasteiger partial charge in [-0.1, -0.05) is 24.3 Å². The molecule has 1 aromatic rings. The van der Waals surface area contributed by atoms with Crippen LogP contribution in [0.15, 0.2) is 24.3 Å². The van der Waals surface area contributed by atoms with Crippen LogP contribution in [-0.4, -0.2) is 38.0 Å². The number of aryl methyl sites for hydroxylation is 1. The first kappa shape index (κ1) is 15.6. The van der Waals surface area contributed by atoms with Gasteiger partial charge in [-0.25, -0.2) is 0 Å². The van der Waals surface area contributed by atoms with E-state index in [1.165, 1.54) is 0 Å². The third-order valence-corrected chi connectivity index (χ3v) is 2.46. The Kier molecular flexibility index (Phi) is 6.18. The van der Waals surface area contributed by atoms with Crippen LogP contribution in [0.2, 0.25) is 0 Å². The van der Waals surface area contributed by atoms with E-state index in [1.54, 1.807) is 0 Å². The minimum absolute atomic E-state index is 0. The van der Waals surface area contributed by atoms with Gasteiger partial charge in [-0.3, -0.25) is 4.79 Å². The molecular formula is C13H20INO. The lowest BCUT2D eigenvalue weighted by atomic mass is 10.0. The van der Waals surface area contributed by atoms with Gasteiger partial charge in [-0.05, 0) is 12.5 Å². The zero-order chi connectivity index (χ0) is 11.5. The van der Waals surface area contributed by atoms with Crippen LogP contribution in [-0.2, 0) is 0 Å². The molecule has 0 atom stereocenters. The van der Waals surface area contributed by atoms with Gasteiger partial charge in [-0.2, -0.15) is 0 Å². The molecule has 0 bridgehead atoms. The molecule has 1 aromatic carbocycles. The van der Waals surface area contributed by atoms with Gasteiger partial charge in [0.25, 0.3) is 0 Å². The van der Waals surface area contributed by atoms with Crippen LogP contribution >= 0.6 is 0 Å². The van der Waals surface area contributed by atoms with E-state index in [0.717, 1.165) is 22.2 Å². The molecule has 0 aliphatic heterocycles. The van der Waals surface area contributed by atoms with E-state index < -0.39 is 0 Å². The lowest BCUT2D eigenvalue weighted by Gasteiger charge is -2.23. The fraction of sp³-hybridized carbons (Fsp3) is 0.462. The summed E-state index contributed by atoms with van der Waals surface area (Å²) in [6.45, 7) is 2.87. The summed E-state index contributed by atoms with van der Waals surface area (Å²) in [5.41, 5.74) is 1.94. The molecule has 0 heterocycles. The fourth-order valence-electron chi connectivity index (χ4n) is 1.46. The highest BCUT2D eigenvalue weighted by atomic mass is 127. The number of Topliss-reactive ketones (excluding diaryl/α,β-unsaturated/α-hetero) is 1. The third kappa shape index (κ3) is 5.07. The molecule has 0 saturated carbocycles. The van der Waals surface area contributed by atoms with Gasteiger partial charge < -0.3 is 28.5 Å². The van der Waals surface area contributed by atoms with Gasteiger partial charge in [0.15, 0.2) is 5.78 Å². The maximum atomic E-state index is 11.9. The summed E-state index contributed by atoms with van der Waals surface area (Å²) in [6, 6.07) is 7.78. The van der Waals surface area contributed by atoms with Crippen molar-refractivity contribution in [1.29, 1.82) is 0 Å². The van der Waals surface area contributed by atoms with E-state index in [-0.39, 0.29) is 29.8 Å². The largest absolute Gasteiger partial charge is 1.00 e. The molecule has 0 aliphatic carbocycles. The lowest BCUT2D eigenvalue weighted by Crippen LogP contribution is -3.00.